The van der Waals surface area contributed by atoms with Crippen LogP contribution in [0.25, 0.3) is 22.3 Å². The van der Waals surface area contributed by atoms with Crippen molar-refractivity contribution in [1.29, 1.82) is 0 Å². The number of ether oxygens (including phenoxy) is 1. The Kier molecular flexibility index (Phi) is 8.33. The second kappa shape index (κ2) is 12.1. The van der Waals surface area contributed by atoms with Crippen LogP contribution in [0, 0.1) is 0 Å². The topological polar surface area (TPSA) is 235 Å². The van der Waals surface area contributed by atoms with Gasteiger partial charge in [-0.2, -0.15) is 0 Å². The number of fused-ring (bicyclic) bond motifs is 1. The zero-order chi connectivity index (χ0) is 31.9. The Balaban J connectivity index is 1.23. The third kappa shape index (κ3) is 6.41. The molecule has 16 nitrogen and oxygen atoms in total. The van der Waals surface area contributed by atoms with Crippen molar-refractivity contribution >= 4 is 32.2 Å². The predicted molar refractivity (Wildman–Crippen MR) is 157 cm³/mol. The first-order chi connectivity index (χ1) is 21.4. The summed E-state index contributed by atoms with van der Waals surface area (Å²) in [6.45, 7) is -0.492. The minimum absolute atomic E-state index is 0.0283. The smallest absolute Gasteiger partial charge is 0.339 e. The summed E-state index contributed by atoms with van der Waals surface area (Å²) < 4.78 is 39.7. The number of aromatic nitrogens is 6. The molecule has 0 aliphatic carbocycles. The molecule has 1 saturated heterocycles. The molecule has 6 N–H and O–H groups in total. The molecule has 0 amide bonds. The van der Waals surface area contributed by atoms with Gasteiger partial charge in [0.1, 0.15) is 30.5 Å². The van der Waals surface area contributed by atoms with Gasteiger partial charge in [0.2, 0.25) is 6.23 Å². The van der Waals surface area contributed by atoms with Crippen LogP contribution in [0.5, 0.6) is 5.88 Å². The molecule has 3 aromatic heterocycles. The van der Waals surface area contributed by atoms with Gasteiger partial charge >= 0.3 is 20.8 Å². The van der Waals surface area contributed by atoms with Gasteiger partial charge < -0.3 is 40.1 Å². The molecule has 6 atom stereocenters. The van der Waals surface area contributed by atoms with Gasteiger partial charge in [-0.1, -0.05) is 59.6 Å². The van der Waals surface area contributed by atoms with Crippen molar-refractivity contribution < 1.29 is 48.1 Å². The van der Waals surface area contributed by atoms with Crippen molar-refractivity contribution in [2.24, 2.45) is 0 Å². The highest BCUT2D eigenvalue weighted by Gasteiger charge is 2.48. The fourth-order valence-electron chi connectivity index (χ4n) is 5.14. The van der Waals surface area contributed by atoms with Crippen LogP contribution in [-0.4, -0.2) is 74.7 Å². The number of anilines is 1. The Morgan fingerprint density at radius 2 is 1.73 bits per heavy atom. The molecule has 1 aliphatic rings. The van der Waals surface area contributed by atoms with E-state index in [9.17, 15) is 34.2 Å². The molecule has 5 aromatic rings. The lowest BCUT2D eigenvalue weighted by Gasteiger charge is -2.19. The number of nitrogens with zero attached hydrogens (tertiary/aromatic N) is 6. The molecule has 2 aromatic carbocycles. The summed E-state index contributed by atoms with van der Waals surface area (Å²) in [5.41, 5.74) is 8.76. The molecule has 2 unspecified atom stereocenters. The van der Waals surface area contributed by atoms with E-state index in [0.717, 1.165) is 27.4 Å². The van der Waals surface area contributed by atoms with E-state index in [2.05, 4.69) is 15.0 Å². The van der Waals surface area contributed by atoms with Crippen LogP contribution in [0.3, 0.4) is 0 Å². The van der Waals surface area contributed by atoms with Crippen LogP contribution in [-0.2, 0) is 24.9 Å². The van der Waals surface area contributed by atoms with Crippen molar-refractivity contribution in [2.45, 2.75) is 31.1 Å². The van der Waals surface area contributed by atoms with Crippen LogP contribution in [0.4, 0.5) is 5.95 Å². The van der Waals surface area contributed by atoms with Gasteiger partial charge in [0.05, 0.1) is 13.2 Å². The first-order valence-corrected chi connectivity index (χ1v) is 17.2. The normalized spacial score (nSPS) is 22.8. The van der Waals surface area contributed by atoms with Crippen LogP contribution in [0.2, 0.25) is 0 Å². The van der Waals surface area contributed by atoms with Crippen LogP contribution in [0.15, 0.2) is 79.6 Å². The minimum Gasteiger partial charge on any atom is -0.856 e. The zero-order valence-corrected chi connectivity index (χ0v) is 25.2. The summed E-state index contributed by atoms with van der Waals surface area (Å²) in [6.07, 6.45) is -0.941. The third-order valence-electron chi connectivity index (χ3n) is 7.33. The van der Waals surface area contributed by atoms with E-state index in [1.54, 1.807) is 4.57 Å². The number of rotatable bonds is 10. The molecule has 0 saturated carbocycles. The number of hydrogen-bond donors (Lipinski definition) is 5. The van der Waals surface area contributed by atoms with Gasteiger partial charge in [0, 0.05) is 18.3 Å². The summed E-state index contributed by atoms with van der Waals surface area (Å²) in [5, 5.41) is 34.6. The van der Waals surface area contributed by atoms with Crippen molar-refractivity contribution in [3.8, 4) is 17.0 Å². The number of aliphatic hydroxyl groups is 2. The fourth-order valence-corrected chi connectivity index (χ4v) is 8.78. The van der Waals surface area contributed by atoms with E-state index in [1.165, 1.54) is 23.3 Å². The van der Waals surface area contributed by atoms with Gasteiger partial charge in [-0.15, -0.1) is 0 Å². The second-order valence-electron chi connectivity index (χ2n) is 10.5. The molecule has 0 radical (unpaired) electrons. The lowest BCUT2D eigenvalue weighted by Crippen LogP contribution is -2.46. The standard InChI is InChI=1S/C27H29N7O9P2/c28-27-30-24-21(25(37)31-27)32(12-17-6-8-19(9-7-17)18-4-2-1-3-5-18)15-34(24)26-23(36)22(35)20(43-26)13-42-45(40,41)16-44(38,39)33-11-10-29-14-33/h1-11,14-15,20,22-23,26,35-36H,12-13,16H2,(H4-,28,30,31,37,38,39,40,41)/t20-,22-,23-,26-/m1/s1. The Morgan fingerprint density at radius 1 is 1.02 bits per heavy atom. The van der Waals surface area contributed by atoms with Gasteiger partial charge in [-0.05, 0) is 16.7 Å². The molecular formula is C27H29N7O9P2. The highest BCUT2D eigenvalue weighted by atomic mass is 31.2. The SMILES string of the molecule is Nc1nc([O-])c2c(n1)[n+]([C@@H]1O[C@H](COP(=O)(O)CP(=O)(O)n3ccnc3)[C@@H](O)[C@H]1O)cn2Cc1ccc(-c2ccccc2)cc1. The van der Waals surface area contributed by atoms with Gasteiger partial charge in [0.25, 0.3) is 5.95 Å². The van der Waals surface area contributed by atoms with E-state index in [4.69, 9.17) is 15.0 Å². The number of nitrogen functional groups attached to an aromatic ring is 1. The molecular weight excluding hydrogens is 628 g/mol. The van der Waals surface area contributed by atoms with E-state index in [1.807, 2.05) is 54.6 Å². The number of nitrogens with two attached hydrogens (primary N) is 1. The van der Waals surface area contributed by atoms with Crippen molar-refractivity contribution in [1.82, 2.24) is 23.9 Å². The summed E-state index contributed by atoms with van der Waals surface area (Å²) in [6, 6.07) is 17.5. The molecule has 45 heavy (non-hydrogen) atoms. The maximum atomic E-state index is 13.0. The fraction of sp³-hybridized carbons (Fsp3) is 0.259. The number of aliphatic hydroxyl groups excluding tert-OH is 2. The maximum Gasteiger partial charge on any atom is 0.339 e. The van der Waals surface area contributed by atoms with Crippen molar-refractivity contribution in [2.75, 3.05) is 18.2 Å². The zero-order valence-electron chi connectivity index (χ0n) is 23.4. The molecule has 6 rings (SSSR count). The summed E-state index contributed by atoms with van der Waals surface area (Å²) in [4.78, 5) is 32.0. The molecule has 236 valence electrons. The number of benzene rings is 2. The van der Waals surface area contributed by atoms with E-state index >= 15 is 0 Å². The summed E-state index contributed by atoms with van der Waals surface area (Å²) >= 11 is 0. The molecule has 0 bridgehead atoms. The predicted octanol–water partition coefficient (Wildman–Crippen LogP) is 0.799. The molecule has 1 fully saturated rings. The minimum atomic E-state index is -4.68. The quantitative estimate of drug-likeness (QED) is 0.103. The number of hydrogen-bond acceptors (Lipinski definition) is 11. The highest BCUT2D eigenvalue weighted by molar-refractivity contribution is 7.72. The Hall–Kier alpha value is -3.98. The lowest BCUT2D eigenvalue weighted by molar-refractivity contribution is -0.745. The van der Waals surface area contributed by atoms with Gasteiger partial charge in [-0.25, -0.2) is 14.5 Å². The van der Waals surface area contributed by atoms with Gasteiger partial charge in [-0.3, -0.25) is 18.0 Å². The maximum absolute atomic E-state index is 13.0. The molecule has 18 heteroatoms. The first-order valence-electron chi connectivity index (χ1n) is 13.6. The van der Waals surface area contributed by atoms with Crippen LogP contribution < -0.4 is 15.4 Å². The monoisotopic (exact) mass is 657 g/mol. The average Bonchev–Trinajstić information content (AvgIpc) is 3.73. The van der Waals surface area contributed by atoms with Crippen molar-refractivity contribution in [3.05, 3.63) is 85.2 Å². The average molecular weight is 658 g/mol. The summed E-state index contributed by atoms with van der Waals surface area (Å²) in [7, 11) is -9.03. The van der Waals surface area contributed by atoms with Crippen molar-refractivity contribution in [3.63, 3.8) is 0 Å². The van der Waals surface area contributed by atoms with E-state index in [0.29, 0.717) is 0 Å². The van der Waals surface area contributed by atoms with Crippen LogP contribution >= 0.6 is 15.1 Å². The highest BCUT2D eigenvalue weighted by Crippen LogP contribution is 2.58. The van der Waals surface area contributed by atoms with Crippen LogP contribution in [0.1, 0.15) is 11.8 Å². The van der Waals surface area contributed by atoms with E-state index in [-0.39, 0.29) is 23.7 Å². The van der Waals surface area contributed by atoms with Gasteiger partial charge in [0.15, 0.2) is 11.8 Å². The Bertz CT molecular complexity index is 1910. The Morgan fingerprint density at radius 3 is 2.42 bits per heavy atom. The first kappa shape index (κ1) is 31.0. The lowest BCUT2D eigenvalue weighted by atomic mass is 10.0. The second-order valence-corrected chi connectivity index (χ2v) is 15.0. The van der Waals surface area contributed by atoms with E-state index < -0.39 is 58.0 Å². The molecule has 4 heterocycles. The number of imidazole rings is 2. The third-order valence-corrected chi connectivity index (χ3v) is 11.7. The molecule has 1 aliphatic heterocycles. The largest absolute Gasteiger partial charge is 0.856 e. The Labute approximate surface area is 255 Å². The molecule has 0 spiro atoms. The summed E-state index contributed by atoms with van der Waals surface area (Å²) in [5.74, 6) is -2.10.